The number of nitrogens with zero attached hydrogens (tertiary/aromatic N) is 3. The highest BCUT2D eigenvalue weighted by Crippen LogP contribution is 2.21. The highest BCUT2D eigenvalue weighted by Gasteiger charge is 2.15. The van der Waals surface area contributed by atoms with Crippen LogP contribution >= 0.6 is 15.9 Å². The summed E-state index contributed by atoms with van der Waals surface area (Å²) in [6.45, 7) is 8.26. The second-order valence-corrected chi connectivity index (χ2v) is 8.13. The first-order valence-electron chi connectivity index (χ1n) is 9.96. The molecule has 0 radical (unpaired) electrons. The Labute approximate surface area is 179 Å². The van der Waals surface area contributed by atoms with E-state index in [2.05, 4.69) is 41.8 Å². The number of rotatable bonds is 7. The zero-order chi connectivity index (χ0) is 21.0. The quantitative estimate of drug-likeness (QED) is 0.427. The van der Waals surface area contributed by atoms with E-state index >= 15 is 0 Å². The fraction of sp³-hybridized carbons (Fsp3) is 0.348. The van der Waals surface area contributed by atoms with Gasteiger partial charge in [-0.2, -0.15) is 9.78 Å². The molecular formula is C23H26BrN3O2. The van der Waals surface area contributed by atoms with Crippen LogP contribution in [-0.4, -0.2) is 22.0 Å². The summed E-state index contributed by atoms with van der Waals surface area (Å²) in [5.74, 6) is 1.56. The first-order chi connectivity index (χ1) is 13.9. The largest absolute Gasteiger partial charge is 0.491 e. The van der Waals surface area contributed by atoms with E-state index in [-0.39, 0.29) is 17.6 Å². The number of ether oxygens (including phenoxy) is 1. The van der Waals surface area contributed by atoms with Crippen molar-refractivity contribution >= 4 is 33.0 Å². The highest BCUT2D eigenvalue weighted by molar-refractivity contribution is 9.10. The van der Waals surface area contributed by atoms with Crippen molar-refractivity contribution in [2.75, 3.05) is 0 Å². The lowest BCUT2D eigenvalue weighted by Gasteiger charge is -2.14. The van der Waals surface area contributed by atoms with Crippen LogP contribution in [0.2, 0.25) is 0 Å². The zero-order valence-electron chi connectivity index (χ0n) is 17.2. The number of aromatic nitrogens is 2. The number of fused-ring (bicyclic) bond motifs is 1. The summed E-state index contributed by atoms with van der Waals surface area (Å²) in [6, 6.07) is 13.3. The fourth-order valence-electron chi connectivity index (χ4n) is 2.89. The lowest BCUT2D eigenvalue weighted by molar-refractivity contribution is 0.217. The van der Waals surface area contributed by atoms with E-state index in [1.165, 1.54) is 4.68 Å². The summed E-state index contributed by atoms with van der Waals surface area (Å²) in [5, 5.41) is 5.05. The lowest BCUT2D eigenvalue weighted by atomic mass is 10.1. The van der Waals surface area contributed by atoms with Gasteiger partial charge in [-0.1, -0.05) is 48.8 Å². The molecule has 0 saturated heterocycles. The summed E-state index contributed by atoms with van der Waals surface area (Å²) in [4.78, 5) is 17.9. The van der Waals surface area contributed by atoms with Crippen molar-refractivity contribution in [3.63, 3.8) is 0 Å². The molecule has 1 aromatic heterocycles. The topological polar surface area (TPSA) is 56.5 Å². The van der Waals surface area contributed by atoms with Crippen LogP contribution in [0.5, 0.6) is 5.75 Å². The van der Waals surface area contributed by atoms with Crippen LogP contribution in [0.25, 0.3) is 10.9 Å². The molecule has 1 heterocycles. The van der Waals surface area contributed by atoms with Gasteiger partial charge in [0.15, 0.2) is 0 Å². The molecule has 2 aromatic carbocycles. The van der Waals surface area contributed by atoms with Crippen molar-refractivity contribution in [3.8, 4) is 5.75 Å². The summed E-state index contributed by atoms with van der Waals surface area (Å²) in [6.07, 6.45) is 3.62. The third-order valence-corrected chi connectivity index (χ3v) is 5.47. The van der Waals surface area contributed by atoms with Gasteiger partial charge in [0.05, 0.1) is 23.2 Å². The molecule has 6 heteroatoms. The molecular weight excluding hydrogens is 430 g/mol. The summed E-state index contributed by atoms with van der Waals surface area (Å²) < 4.78 is 8.14. The van der Waals surface area contributed by atoms with Crippen molar-refractivity contribution in [2.45, 2.75) is 52.6 Å². The third-order valence-electron chi connectivity index (χ3n) is 4.98. The SMILES string of the molecule is CC[C@@H](C)c1nc2ccc(Br)cc2c(=O)n1N=Cc1cccc(O[C@@H](C)CC)c1. The molecule has 0 aliphatic rings. The van der Waals surface area contributed by atoms with E-state index < -0.39 is 0 Å². The molecule has 29 heavy (non-hydrogen) atoms. The molecule has 0 amide bonds. The van der Waals surface area contributed by atoms with Crippen molar-refractivity contribution in [1.29, 1.82) is 0 Å². The molecule has 0 fully saturated rings. The molecule has 3 rings (SSSR count). The predicted octanol–water partition coefficient (Wildman–Crippen LogP) is 5.73. The second-order valence-electron chi connectivity index (χ2n) is 7.21. The average molecular weight is 456 g/mol. The van der Waals surface area contributed by atoms with E-state index in [9.17, 15) is 4.79 Å². The Hall–Kier alpha value is -2.47. The Kier molecular flexibility index (Phi) is 6.85. The van der Waals surface area contributed by atoms with Crippen molar-refractivity contribution < 1.29 is 4.74 Å². The zero-order valence-corrected chi connectivity index (χ0v) is 18.8. The molecule has 152 valence electrons. The van der Waals surface area contributed by atoms with Crippen LogP contribution in [0.3, 0.4) is 0 Å². The standard InChI is InChI=1S/C23H26BrN3O2/c1-5-15(3)22-26-21-11-10-18(24)13-20(21)23(28)27(22)25-14-17-8-7-9-19(12-17)29-16(4)6-2/h7-16H,5-6H2,1-4H3/t15-,16+/m1/s1. The Morgan fingerprint density at radius 3 is 2.69 bits per heavy atom. The minimum Gasteiger partial charge on any atom is -0.491 e. The highest BCUT2D eigenvalue weighted by atomic mass is 79.9. The Bertz CT molecular complexity index is 1090. The summed E-state index contributed by atoms with van der Waals surface area (Å²) in [5.41, 5.74) is 1.38. The van der Waals surface area contributed by atoms with Gasteiger partial charge < -0.3 is 4.74 Å². The summed E-state index contributed by atoms with van der Waals surface area (Å²) >= 11 is 3.43. The molecule has 0 N–H and O–H groups in total. The van der Waals surface area contributed by atoms with Crippen LogP contribution < -0.4 is 10.3 Å². The summed E-state index contributed by atoms with van der Waals surface area (Å²) in [7, 11) is 0. The molecule has 0 saturated carbocycles. The Morgan fingerprint density at radius 2 is 1.97 bits per heavy atom. The molecule has 0 spiro atoms. The Balaban J connectivity index is 2.05. The average Bonchev–Trinajstić information content (AvgIpc) is 2.73. The van der Waals surface area contributed by atoms with E-state index in [0.717, 1.165) is 28.6 Å². The van der Waals surface area contributed by atoms with Crippen molar-refractivity contribution in [2.24, 2.45) is 5.10 Å². The van der Waals surface area contributed by atoms with Gasteiger partial charge in [-0.15, -0.1) is 0 Å². The minimum absolute atomic E-state index is 0.105. The van der Waals surface area contributed by atoms with Crippen LogP contribution in [0.15, 0.2) is 56.8 Å². The molecule has 2 atom stereocenters. The monoisotopic (exact) mass is 455 g/mol. The van der Waals surface area contributed by atoms with Crippen LogP contribution in [0, 0.1) is 0 Å². The first-order valence-corrected chi connectivity index (χ1v) is 10.8. The molecule has 0 unspecified atom stereocenters. The number of hydrogen-bond acceptors (Lipinski definition) is 4. The van der Waals surface area contributed by atoms with E-state index in [4.69, 9.17) is 9.72 Å². The first kappa shape index (κ1) is 21.2. The van der Waals surface area contributed by atoms with Gasteiger partial charge >= 0.3 is 0 Å². The minimum atomic E-state index is -0.171. The Morgan fingerprint density at radius 1 is 1.17 bits per heavy atom. The predicted molar refractivity (Wildman–Crippen MR) is 122 cm³/mol. The van der Waals surface area contributed by atoms with Crippen LogP contribution in [0.1, 0.15) is 57.8 Å². The molecule has 0 aliphatic heterocycles. The normalized spacial score (nSPS) is 13.7. The van der Waals surface area contributed by atoms with Crippen molar-refractivity contribution in [1.82, 2.24) is 9.66 Å². The van der Waals surface area contributed by atoms with E-state index in [1.807, 2.05) is 43.3 Å². The molecule has 5 nitrogen and oxygen atoms in total. The third kappa shape index (κ3) is 4.93. The maximum absolute atomic E-state index is 13.2. The second kappa shape index (κ2) is 9.35. The van der Waals surface area contributed by atoms with Gasteiger partial charge in [0.25, 0.3) is 5.56 Å². The molecule has 3 aromatic rings. The van der Waals surface area contributed by atoms with Gasteiger partial charge in [-0.05, 0) is 55.7 Å². The number of benzene rings is 2. The number of halogens is 1. The fourth-order valence-corrected chi connectivity index (χ4v) is 3.25. The van der Waals surface area contributed by atoms with Gasteiger partial charge in [0.1, 0.15) is 11.6 Å². The molecule has 0 bridgehead atoms. The van der Waals surface area contributed by atoms with Gasteiger partial charge in [0.2, 0.25) is 0 Å². The van der Waals surface area contributed by atoms with Gasteiger partial charge in [-0.3, -0.25) is 4.79 Å². The van der Waals surface area contributed by atoms with E-state index in [0.29, 0.717) is 16.7 Å². The van der Waals surface area contributed by atoms with Gasteiger partial charge in [-0.25, -0.2) is 4.98 Å². The molecule has 0 aliphatic carbocycles. The van der Waals surface area contributed by atoms with Crippen LogP contribution in [0.4, 0.5) is 0 Å². The van der Waals surface area contributed by atoms with Crippen LogP contribution in [-0.2, 0) is 0 Å². The number of hydrogen-bond donors (Lipinski definition) is 0. The maximum atomic E-state index is 13.2. The van der Waals surface area contributed by atoms with Crippen molar-refractivity contribution in [3.05, 3.63) is 68.7 Å². The van der Waals surface area contributed by atoms with Gasteiger partial charge in [0, 0.05) is 10.4 Å². The van der Waals surface area contributed by atoms with E-state index in [1.54, 1.807) is 12.3 Å². The maximum Gasteiger partial charge on any atom is 0.282 e. The lowest BCUT2D eigenvalue weighted by Crippen LogP contribution is -2.23. The smallest absolute Gasteiger partial charge is 0.282 e.